The zero-order valence-corrected chi connectivity index (χ0v) is 18.1. The Morgan fingerprint density at radius 2 is 1.50 bits per heavy atom. The van der Waals surface area contributed by atoms with E-state index in [9.17, 15) is 20.1 Å². The summed E-state index contributed by atoms with van der Waals surface area (Å²) in [5, 5.41) is 30.6. The van der Waals surface area contributed by atoms with Gasteiger partial charge in [0.05, 0.1) is 15.6 Å². The molecular formula is C24H20Cl2O6. The molecule has 0 spiro atoms. The third-order valence-electron chi connectivity index (χ3n) is 5.31. The summed E-state index contributed by atoms with van der Waals surface area (Å²) in [5.41, 5.74) is 2.61. The highest BCUT2D eigenvalue weighted by Gasteiger charge is 2.47. The van der Waals surface area contributed by atoms with Crippen LogP contribution in [0.1, 0.15) is 22.0 Å². The van der Waals surface area contributed by atoms with Gasteiger partial charge in [-0.2, -0.15) is 0 Å². The van der Waals surface area contributed by atoms with Crippen molar-refractivity contribution in [1.29, 1.82) is 0 Å². The predicted octanol–water partition coefficient (Wildman–Crippen LogP) is 4.00. The van der Waals surface area contributed by atoms with Gasteiger partial charge < -0.3 is 24.8 Å². The van der Waals surface area contributed by atoms with Crippen molar-refractivity contribution in [2.75, 3.05) is 0 Å². The van der Waals surface area contributed by atoms with Gasteiger partial charge in [-0.3, -0.25) is 0 Å². The number of aliphatic hydroxyl groups excluding tert-OH is 3. The third kappa shape index (κ3) is 4.66. The Kier molecular flexibility index (Phi) is 6.81. The Morgan fingerprint density at radius 3 is 2.09 bits per heavy atom. The highest BCUT2D eigenvalue weighted by molar-refractivity contribution is 6.42. The van der Waals surface area contributed by atoms with Crippen molar-refractivity contribution in [3.05, 3.63) is 94.0 Å². The molecule has 0 aliphatic carbocycles. The summed E-state index contributed by atoms with van der Waals surface area (Å²) < 4.78 is 11.0. The van der Waals surface area contributed by atoms with E-state index in [0.717, 1.165) is 11.1 Å². The summed E-state index contributed by atoms with van der Waals surface area (Å²) in [5.74, 6) is -0.674. The van der Waals surface area contributed by atoms with Gasteiger partial charge in [-0.05, 0) is 41.0 Å². The first-order chi connectivity index (χ1) is 15.3. The van der Waals surface area contributed by atoms with Crippen LogP contribution in [0.5, 0.6) is 0 Å². The van der Waals surface area contributed by atoms with Gasteiger partial charge in [0, 0.05) is 0 Å². The lowest BCUT2D eigenvalue weighted by molar-refractivity contribution is -0.148. The molecule has 32 heavy (non-hydrogen) atoms. The van der Waals surface area contributed by atoms with Crippen molar-refractivity contribution in [3.8, 4) is 11.1 Å². The summed E-state index contributed by atoms with van der Waals surface area (Å²) >= 11 is 12.1. The molecule has 166 valence electrons. The molecule has 1 aliphatic rings. The quantitative estimate of drug-likeness (QED) is 0.483. The normalized spacial score (nSPS) is 23.7. The molecule has 0 radical (unpaired) electrons. The number of aliphatic hydroxyl groups is 3. The average molecular weight is 475 g/mol. The van der Waals surface area contributed by atoms with Crippen LogP contribution in [0, 0.1) is 0 Å². The van der Waals surface area contributed by atoms with Gasteiger partial charge in [0.15, 0.2) is 12.4 Å². The van der Waals surface area contributed by atoms with E-state index < -0.39 is 36.7 Å². The lowest BCUT2D eigenvalue weighted by atomic mass is 9.99. The van der Waals surface area contributed by atoms with E-state index in [1.807, 2.05) is 30.3 Å². The number of carbonyl (C=O) groups is 1. The number of rotatable bonds is 5. The van der Waals surface area contributed by atoms with Gasteiger partial charge in [0.25, 0.3) is 0 Å². The van der Waals surface area contributed by atoms with Crippen LogP contribution >= 0.6 is 23.2 Å². The van der Waals surface area contributed by atoms with Gasteiger partial charge in [-0.1, -0.05) is 71.7 Å². The van der Waals surface area contributed by atoms with Crippen molar-refractivity contribution in [3.63, 3.8) is 0 Å². The lowest BCUT2D eigenvalue weighted by Gasteiger charge is -2.26. The first-order valence-electron chi connectivity index (χ1n) is 9.86. The molecule has 0 bridgehead atoms. The van der Waals surface area contributed by atoms with E-state index in [-0.39, 0.29) is 10.6 Å². The van der Waals surface area contributed by atoms with Crippen LogP contribution in [0.3, 0.4) is 0 Å². The first kappa shape index (κ1) is 22.7. The van der Waals surface area contributed by atoms with E-state index in [2.05, 4.69) is 0 Å². The Hall–Kier alpha value is -2.45. The molecule has 0 unspecified atom stereocenters. The van der Waals surface area contributed by atoms with Crippen LogP contribution in [0.15, 0.2) is 72.8 Å². The Morgan fingerprint density at radius 1 is 0.844 bits per heavy atom. The second-order valence-corrected chi connectivity index (χ2v) is 8.23. The molecule has 5 atom stereocenters. The topological polar surface area (TPSA) is 96.2 Å². The summed E-state index contributed by atoms with van der Waals surface area (Å²) in [6.45, 7) is 0. The number of benzene rings is 3. The van der Waals surface area contributed by atoms with E-state index >= 15 is 0 Å². The first-order valence-corrected chi connectivity index (χ1v) is 10.6. The molecule has 4 rings (SSSR count). The smallest absolute Gasteiger partial charge is 0.338 e. The van der Waals surface area contributed by atoms with Crippen molar-refractivity contribution in [1.82, 2.24) is 0 Å². The fourth-order valence-corrected chi connectivity index (χ4v) is 3.87. The summed E-state index contributed by atoms with van der Waals surface area (Å²) in [6, 6.07) is 21.1. The maximum atomic E-state index is 12.9. The molecule has 6 nitrogen and oxygen atoms in total. The van der Waals surface area contributed by atoms with Gasteiger partial charge >= 0.3 is 5.97 Å². The fourth-order valence-electron chi connectivity index (χ4n) is 3.56. The zero-order chi connectivity index (χ0) is 22.8. The molecule has 0 amide bonds. The van der Waals surface area contributed by atoms with Crippen molar-refractivity contribution in [2.45, 2.75) is 30.7 Å². The number of ether oxygens (including phenoxy) is 2. The monoisotopic (exact) mass is 474 g/mol. The van der Waals surface area contributed by atoms with Crippen LogP contribution in [0.4, 0.5) is 0 Å². The average Bonchev–Trinajstić information content (AvgIpc) is 3.07. The largest absolute Gasteiger partial charge is 0.451 e. The number of halogens is 2. The number of carbonyl (C=O) groups excluding carboxylic acids is 1. The Bertz CT molecular complexity index is 1090. The van der Waals surface area contributed by atoms with E-state index in [4.69, 9.17) is 32.7 Å². The minimum atomic E-state index is -1.62. The van der Waals surface area contributed by atoms with Crippen LogP contribution < -0.4 is 0 Å². The van der Waals surface area contributed by atoms with Crippen LogP contribution in [0.25, 0.3) is 11.1 Å². The highest BCUT2D eigenvalue weighted by atomic mass is 35.5. The predicted molar refractivity (Wildman–Crippen MR) is 119 cm³/mol. The maximum absolute atomic E-state index is 12.9. The molecule has 0 saturated carbocycles. The van der Waals surface area contributed by atoms with Crippen molar-refractivity contribution < 1.29 is 29.6 Å². The Balaban J connectivity index is 1.60. The Labute approximate surface area is 194 Å². The minimum absolute atomic E-state index is 0.214. The lowest BCUT2D eigenvalue weighted by Crippen LogP contribution is -2.36. The van der Waals surface area contributed by atoms with Crippen molar-refractivity contribution in [2.24, 2.45) is 0 Å². The molecule has 1 aliphatic heterocycles. The SMILES string of the molecule is O=C(O[C@H](c1ccc(Cl)c(Cl)c1)[C@H]1O[C@@H](O)[C@H](O)[C@@H]1O)c1ccc(-c2ccccc2)cc1. The molecule has 3 N–H and O–H groups in total. The van der Waals surface area contributed by atoms with Crippen LogP contribution in [0.2, 0.25) is 10.0 Å². The van der Waals surface area contributed by atoms with Crippen LogP contribution in [-0.4, -0.2) is 45.9 Å². The van der Waals surface area contributed by atoms with Gasteiger partial charge in [-0.25, -0.2) is 4.79 Å². The highest BCUT2D eigenvalue weighted by Crippen LogP contribution is 2.36. The van der Waals surface area contributed by atoms with E-state index in [1.54, 1.807) is 30.3 Å². The van der Waals surface area contributed by atoms with Gasteiger partial charge in [0.1, 0.15) is 18.3 Å². The molecule has 1 heterocycles. The molecule has 3 aromatic carbocycles. The summed E-state index contributed by atoms with van der Waals surface area (Å²) in [4.78, 5) is 12.9. The second-order valence-electron chi connectivity index (χ2n) is 7.42. The second kappa shape index (κ2) is 9.58. The molecule has 3 aromatic rings. The standard InChI is InChI=1S/C24H20Cl2O6/c25-17-11-10-16(12-18(17)26)21(22-19(27)20(28)24(30)32-22)31-23(29)15-8-6-14(7-9-15)13-4-2-1-3-5-13/h1-12,19-22,24,27-28,30H/t19-,20+,21+,22-,24+/m0/s1. The molecule has 1 fully saturated rings. The number of esters is 1. The van der Waals surface area contributed by atoms with E-state index in [0.29, 0.717) is 10.6 Å². The molecule has 1 saturated heterocycles. The number of hydrogen-bond donors (Lipinski definition) is 3. The maximum Gasteiger partial charge on any atom is 0.338 e. The van der Waals surface area contributed by atoms with Gasteiger partial charge in [-0.15, -0.1) is 0 Å². The number of hydrogen-bond acceptors (Lipinski definition) is 6. The van der Waals surface area contributed by atoms with E-state index in [1.165, 1.54) is 12.1 Å². The molecule has 0 aromatic heterocycles. The molecular weight excluding hydrogens is 455 g/mol. The zero-order valence-electron chi connectivity index (χ0n) is 16.6. The minimum Gasteiger partial charge on any atom is -0.451 e. The summed E-state index contributed by atoms with van der Waals surface area (Å²) in [7, 11) is 0. The van der Waals surface area contributed by atoms with Gasteiger partial charge in [0.2, 0.25) is 0 Å². The van der Waals surface area contributed by atoms with Crippen LogP contribution in [-0.2, 0) is 9.47 Å². The summed E-state index contributed by atoms with van der Waals surface area (Å²) in [6.07, 6.45) is -7.03. The molecule has 8 heteroatoms. The van der Waals surface area contributed by atoms with Crippen molar-refractivity contribution >= 4 is 29.2 Å². The fraction of sp³-hybridized carbons (Fsp3) is 0.208. The third-order valence-corrected chi connectivity index (χ3v) is 6.05.